The van der Waals surface area contributed by atoms with Crippen molar-refractivity contribution < 1.29 is 0 Å². The van der Waals surface area contributed by atoms with Crippen molar-refractivity contribution in [2.75, 3.05) is 11.1 Å². The Kier molecular flexibility index (Phi) is 3.50. The summed E-state index contributed by atoms with van der Waals surface area (Å²) in [5.74, 6) is 1.88. The molecule has 4 N–H and O–H groups in total. The second kappa shape index (κ2) is 5.82. The van der Waals surface area contributed by atoms with Gasteiger partial charge in [0.25, 0.3) is 0 Å². The molecule has 0 fully saturated rings. The molecule has 0 saturated carbocycles. The van der Waals surface area contributed by atoms with Crippen LogP contribution in [0.3, 0.4) is 0 Å². The van der Waals surface area contributed by atoms with Crippen LogP contribution in [0.2, 0.25) is 0 Å². The van der Waals surface area contributed by atoms with Gasteiger partial charge in [-0.2, -0.15) is 15.1 Å². The monoisotopic (exact) mass is 332 g/mol. The zero-order chi connectivity index (χ0) is 17.4. The Morgan fingerprint density at radius 3 is 2.80 bits per heavy atom. The number of nitrogen functional groups attached to an aromatic ring is 1. The lowest BCUT2D eigenvalue weighted by Gasteiger charge is -2.12. The highest BCUT2D eigenvalue weighted by atomic mass is 15.1. The number of fused-ring (bicyclic) bond motifs is 1. The molecule has 8 nitrogen and oxygen atoms in total. The standard InChI is InChI=1S/C17H16N8/c1-9-6-11(16-21-10(2)22-17(18)24-16)15(19-7-9)23-13-4-3-5-14-12(13)8-20-25-14/h3-8H,1-2H3,(H,19,23)(H,20,25)(H2,18,21,22,24). The zero-order valence-corrected chi connectivity index (χ0v) is 13.8. The number of nitrogens with zero attached hydrogens (tertiary/aromatic N) is 5. The molecule has 8 heteroatoms. The maximum atomic E-state index is 5.78. The Balaban J connectivity index is 1.84. The molecule has 0 aliphatic heterocycles. The van der Waals surface area contributed by atoms with Gasteiger partial charge in [-0.05, 0) is 37.6 Å². The quantitative estimate of drug-likeness (QED) is 0.528. The number of hydrogen-bond donors (Lipinski definition) is 3. The topological polar surface area (TPSA) is 118 Å². The number of aromatic amines is 1. The number of pyridine rings is 1. The Morgan fingerprint density at radius 2 is 1.96 bits per heavy atom. The maximum absolute atomic E-state index is 5.78. The van der Waals surface area contributed by atoms with Gasteiger partial charge in [-0.15, -0.1) is 0 Å². The average Bonchev–Trinajstić information content (AvgIpc) is 3.05. The van der Waals surface area contributed by atoms with Crippen LogP contribution in [0, 0.1) is 13.8 Å². The van der Waals surface area contributed by atoms with Gasteiger partial charge in [0.2, 0.25) is 5.95 Å². The third-order valence-corrected chi connectivity index (χ3v) is 3.77. The molecule has 0 aliphatic rings. The number of nitrogens with two attached hydrogens (primary N) is 1. The SMILES string of the molecule is Cc1cnc(Nc2cccc3[nH]ncc23)c(-c2nc(C)nc(N)n2)c1. The van der Waals surface area contributed by atoms with E-state index in [1.807, 2.05) is 31.2 Å². The Bertz CT molecular complexity index is 1050. The molecule has 0 unspecified atom stereocenters. The molecule has 25 heavy (non-hydrogen) atoms. The van der Waals surface area contributed by atoms with Crippen LogP contribution in [0.25, 0.3) is 22.3 Å². The molecule has 0 aliphatic carbocycles. The number of benzene rings is 1. The summed E-state index contributed by atoms with van der Waals surface area (Å²) < 4.78 is 0. The first-order valence-corrected chi connectivity index (χ1v) is 7.74. The summed E-state index contributed by atoms with van der Waals surface area (Å²) in [6, 6.07) is 7.85. The van der Waals surface area contributed by atoms with E-state index in [1.54, 1.807) is 19.3 Å². The lowest BCUT2D eigenvalue weighted by Crippen LogP contribution is -2.04. The largest absolute Gasteiger partial charge is 0.368 e. The second-order valence-electron chi connectivity index (χ2n) is 5.74. The minimum atomic E-state index is 0.187. The van der Waals surface area contributed by atoms with Gasteiger partial charge >= 0.3 is 0 Å². The Labute approximate surface area is 143 Å². The normalized spacial score (nSPS) is 11.0. The van der Waals surface area contributed by atoms with Crippen LogP contribution in [-0.2, 0) is 0 Å². The molecule has 0 radical (unpaired) electrons. The number of rotatable bonds is 3. The van der Waals surface area contributed by atoms with E-state index in [2.05, 4.69) is 35.5 Å². The smallest absolute Gasteiger partial charge is 0.223 e. The fourth-order valence-electron chi connectivity index (χ4n) is 2.67. The summed E-state index contributed by atoms with van der Waals surface area (Å²) in [7, 11) is 0. The zero-order valence-electron chi connectivity index (χ0n) is 13.8. The summed E-state index contributed by atoms with van der Waals surface area (Å²) >= 11 is 0. The minimum absolute atomic E-state index is 0.187. The third-order valence-electron chi connectivity index (χ3n) is 3.77. The molecule has 0 atom stereocenters. The number of nitrogens with one attached hydrogen (secondary N) is 2. The summed E-state index contributed by atoms with van der Waals surface area (Å²) in [6.45, 7) is 3.75. The summed E-state index contributed by atoms with van der Waals surface area (Å²) in [6.07, 6.45) is 3.56. The Morgan fingerprint density at radius 1 is 1.08 bits per heavy atom. The fourth-order valence-corrected chi connectivity index (χ4v) is 2.67. The van der Waals surface area contributed by atoms with E-state index in [9.17, 15) is 0 Å². The van der Waals surface area contributed by atoms with Crippen LogP contribution in [0.1, 0.15) is 11.4 Å². The highest BCUT2D eigenvalue weighted by molar-refractivity contribution is 5.93. The van der Waals surface area contributed by atoms with Gasteiger partial charge in [-0.3, -0.25) is 5.10 Å². The van der Waals surface area contributed by atoms with E-state index in [1.165, 1.54) is 0 Å². The fraction of sp³-hybridized carbons (Fsp3) is 0.118. The number of aromatic nitrogens is 6. The van der Waals surface area contributed by atoms with Crippen LogP contribution in [-0.4, -0.2) is 30.1 Å². The van der Waals surface area contributed by atoms with Crippen LogP contribution in [0.15, 0.2) is 36.7 Å². The van der Waals surface area contributed by atoms with Gasteiger partial charge in [0.05, 0.1) is 23.0 Å². The second-order valence-corrected chi connectivity index (χ2v) is 5.74. The highest BCUT2D eigenvalue weighted by Gasteiger charge is 2.13. The minimum Gasteiger partial charge on any atom is -0.368 e. The van der Waals surface area contributed by atoms with Crippen molar-refractivity contribution in [3.8, 4) is 11.4 Å². The highest BCUT2D eigenvalue weighted by Crippen LogP contribution is 2.30. The van der Waals surface area contributed by atoms with E-state index < -0.39 is 0 Å². The van der Waals surface area contributed by atoms with Crippen molar-refractivity contribution in [1.29, 1.82) is 0 Å². The molecular weight excluding hydrogens is 316 g/mol. The van der Waals surface area contributed by atoms with Crippen molar-refractivity contribution in [2.24, 2.45) is 0 Å². The molecular formula is C17H16N8. The first kappa shape index (κ1) is 15.0. The van der Waals surface area contributed by atoms with E-state index in [-0.39, 0.29) is 5.95 Å². The molecule has 0 amide bonds. The average molecular weight is 332 g/mol. The van der Waals surface area contributed by atoms with Gasteiger partial charge in [-0.25, -0.2) is 9.97 Å². The number of H-pyrrole nitrogens is 1. The lowest BCUT2D eigenvalue weighted by atomic mass is 10.1. The molecule has 4 rings (SSSR count). The van der Waals surface area contributed by atoms with Crippen LogP contribution >= 0.6 is 0 Å². The van der Waals surface area contributed by atoms with Crippen molar-refractivity contribution in [1.82, 2.24) is 30.1 Å². The Hall–Kier alpha value is -3.55. The molecule has 3 heterocycles. The molecule has 0 saturated heterocycles. The van der Waals surface area contributed by atoms with E-state index in [0.717, 1.165) is 27.7 Å². The maximum Gasteiger partial charge on any atom is 0.223 e. The summed E-state index contributed by atoms with van der Waals surface area (Å²) in [5.41, 5.74) is 9.38. The molecule has 0 bridgehead atoms. The first-order chi connectivity index (χ1) is 12.1. The molecule has 4 aromatic rings. The van der Waals surface area contributed by atoms with Gasteiger partial charge in [-0.1, -0.05) is 6.07 Å². The van der Waals surface area contributed by atoms with E-state index in [0.29, 0.717) is 17.5 Å². The van der Waals surface area contributed by atoms with Crippen molar-refractivity contribution in [3.63, 3.8) is 0 Å². The van der Waals surface area contributed by atoms with Gasteiger partial charge in [0.15, 0.2) is 5.82 Å². The van der Waals surface area contributed by atoms with Gasteiger partial charge < -0.3 is 11.1 Å². The van der Waals surface area contributed by atoms with Crippen molar-refractivity contribution in [3.05, 3.63) is 48.0 Å². The molecule has 3 aromatic heterocycles. The molecule has 124 valence electrons. The third kappa shape index (κ3) is 2.85. The molecule has 0 spiro atoms. The van der Waals surface area contributed by atoms with Crippen molar-refractivity contribution in [2.45, 2.75) is 13.8 Å². The van der Waals surface area contributed by atoms with Crippen molar-refractivity contribution >= 4 is 28.4 Å². The van der Waals surface area contributed by atoms with E-state index >= 15 is 0 Å². The molecule has 1 aromatic carbocycles. The first-order valence-electron chi connectivity index (χ1n) is 7.74. The summed E-state index contributed by atoms with van der Waals surface area (Å²) in [5, 5.41) is 11.4. The van der Waals surface area contributed by atoms with Crippen LogP contribution in [0.4, 0.5) is 17.5 Å². The predicted molar refractivity (Wildman–Crippen MR) is 96.3 cm³/mol. The number of anilines is 3. The number of hydrogen-bond acceptors (Lipinski definition) is 7. The summed E-state index contributed by atoms with van der Waals surface area (Å²) in [4.78, 5) is 17.2. The van der Waals surface area contributed by atoms with E-state index in [4.69, 9.17) is 5.73 Å². The predicted octanol–water partition coefficient (Wildman–Crippen LogP) is 2.75. The lowest BCUT2D eigenvalue weighted by molar-refractivity contribution is 0.994. The van der Waals surface area contributed by atoms with Gasteiger partial charge in [0, 0.05) is 11.6 Å². The van der Waals surface area contributed by atoms with Crippen LogP contribution < -0.4 is 11.1 Å². The van der Waals surface area contributed by atoms with Crippen LogP contribution in [0.5, 0.6) is 0 Å². The van der Waals surface area contributed by atoms with Gasteiger partial charge in [0.1, 0.15) is 11.6 Å². The number of aryl methyl sites for hydroxylation is 2.